The van der Waals surface area contributed by atoms with Crippen molar-refractivity contribution in [2.75, 3.05) is 0 Å². The van der Waals surface area contributed by atoms with Crippen LogP contribution in [0.15, 0.2) is 162 Å². The molecule has 4 nitrogen and oxygen atoms in total. The molecule has 4 heteroatoms. The molecule has 1 aliphatic rings. The van der Waals surface area contributed by atoms with Gasteiger partial charge in [-0.1, -0.05) is 152 Å². The normalized spacial score (nSPS) is 14.8. The summed E-state index contributed by atoms with van der Waals surface area (Å²) in [7, 11) is 0. The summed E-state index contributed by atoms with van der Waals surface area (Å²) in [5, 5.41) is 2.18. The van der Waals surface area contributed by atoms with Crippen molar-refractivity contribution < 1.29 is 4.42 Å². The largest absolute Gasteiger partial charge is 0.456 e. The number of hydrogen-bond acceptors (Lipinski definition) is 4. The molecular weight excluding hydrogens is 587 g/mol. The van der Waals surface area contributed by atoms with E-state index >= 15 is 0 Å². The summed E-state index contributed by atoms with van der Waals surface area (Å²) in [5.74, 6) is 2.09. The van der Waals surface area contributed by atoms with Crippen LogP contribution in [0.4, 0.5) is 0 Å². The lowest BCUT2D eigenvalue weighted by molar-refractivity contribution is 0.669. The minimum Gasteiger partial charge on any atom is -0.456 e. The molecule has 1 unspecified atom stereocenters. The van der Waals surface area contributed by atoms with Crippen molar-refractivity contribution in [2.45, 2.75) is 19.3 Å². The zero-order valence-electron chi connectivity index (χ0n) is 26.6. The number of allylic oxidation sites excluding steroid dienone is 7. The number of benzene rings is 5. The third kappa shape index (κ3) is 5.69. The molecule has 8 rings (SSSR count). The van der Waals surface area contributed by atoms with E-state index in [0.29, 0.717) is 11.6 Å². The molecule has 0 bridgehead atoms. The minimum absolute atomic E-state index is 0.0226. The summed E-state index contributed by atoms with van der Waals surface area (Å²) in [6, 6.07) is 41.7. The van der Waals surface area contributed by atoms with E-state index in [1.165, 1.54) is 11.1 Å². The smallest absolute Gasteiger partial charge is 0.164 e. The molecule has 230 valence electrons. The van der Waals surface area contributed by atoms with E-state index < -0.39 is 0 Å². The molecule has 1 atom stereocenters. The van der Waals surface area contributed by atoms with Crippen LogP contribution in [0, 0.1) is 0 Å². The fraction of sp³-hybridized carbons (Fsp3) is 0.0682. The van der Waals surface area contributed by atoms with Crippen LogP contribution in [0.2, 0.25) is 0 Å². The summed E-state index contributed by atoms with van der Waals surface area (Å²) in [6.45, 7) is 2.01. The molecule has 0 amide bonds. The first-order valence-corrected chi connectivity index (χ1v) is 16.3. The van der Waals surface area contributed by atoms with E-state index in [2.05, 4.69) is 121 Å². The second-order valence-corrected chi connectivity index (χ2v) is 11.9. The molecule has 2 aromatic heterocycles. The maximum atomic E-state index is 6.25. The van der Waals surface area contributed by atoms with Crippen LogP contribution < -0.4 is 0 Å². The highest BCUT2D eigenvalue weighted by molar-refractivity contribution is 6.13. The molecule has 7 aromatic rings. The first-order valence-electron chi connectivity index (χ1n) is 16.3. The molecule has 0 radical (unpaired) electrons. The third-order valence-electron chi connectivity index (χ3n) is 8.81. The van der Waals surface area contributed by atoms with Gasteiger partial charge < -0.3 is 4.42 Å². The number of fused-ring (bicyclic) bond motifs is 3. The zero-order chi connectivity index (χ0) is 32.3. The predicted octanol–water partition coefficient (Wildman–Crippen LogP) is 11.5. The zero-order valence-corrected chi connectivity index (χ0v) is 26.6. The highest BCUT2D eigenvalue weighted by atomic mass is 16.3. The molecule has 0 fully saturated rings. The van der Waals surface area contributed by atoms with Gasteiger partial charge in [0, 0.05) is 27.8 Å². The average Bonchev–Trinajstić information content (AvgIpc) is 3.55. The Kier molecular flexibility index (Phi) is 7.89. The fourth-order valence-electron chi connectivity index (χ4n) is 6.40. The number of rotatable bonds is 7. The molecular formula is C44H33N3O. The Morgan fingerprint density at radius 1 is 0.625 bits per heavy atom. The van der Waals surface area contributed by atoms with Crippen molar-refractivity contribution >= 4 is 33.6 Å². The lowest BCUT2D eigenvalue weighted by atomic mass is 9.92. The lowest BCUT2D eigenvalue weighted by Gasteiger charge is -2.18. The number of hydrogen-bond donors (Lipinski definition) is 0. The molecule has 48 heavy (non-hydrogen) atoms. The van der Waals surface area contributed by atoms with Gasteiger partial charge in [0.2, 0.25) is 0 Å². The van der Waals surface area contributed by atoms with E-state index in [0.717, 1.165) is 62.0 Å². The van der Waals surface area contributed by atoms with E-state index in [4.69, 9.17) is 19.4 Å². The van der Waals surface area contributed by atoms with Crippen LogP contribution in [0.5, 0.6) is 0 Å². The second kappa shape index (κ2) is 12.9. The monoisotopic (exact) mass is 619 g/mol. The van der Waals surface area contributed by atoms with Crippen LogP contribution in [0.3, 0.4) is 0 Å². The second-order valence-electron chi connectivity index (χ2n) is 11.9. The summed E-state index contributed by atoms with van der Waals surface area (Å²) in [6.07, 6.45) is 15.7. The van der Waals surface area contributed by atoms with Gasteiger partial charge in [-0.05, 0) is 53.3 Å². The van der Waals surface area contributed by atoms with Crippen molar-refractivity contribution in [3.63, 3.8) is 0 Å². The molecule has 0 aliphatic heterocycles. The Morgan fingerprint density at radius 2 is 1.35 bits per heavy atom. The topological polar surface area (TPSA) is 51.8 Å². The minimum atomic E-state index is 0.0226. The van der Waals surface area contributed by atoms with E-state index in [1.807, 2.05) is 49.4 Å². The summed E-state index contributed by atoms with van der Waals surface area (Å²) < 4.78 is 6.25. The van der Waals surface area contributed by atoms with Gasteiger partial charge in [0.25, 0.3) is 0 Å². The van der Waals surface area contributed by atoms with Gasteiger partial charge in [-0.3, -0.25) is 0 Å². The van der Waals surface area contributed by atoms with Gasteiger partial charge >= 0.3 is 0 Å². The highest BCUT2D eigenvalue weighted by Crippen LogP contribution is 2.40. The Balaban J connectivity index is 1.25. The van der Waals surface area contributed by atoms with E-state index in [9.17, 15) is 0 Å². The summed E-state index contributed by atoms with van der Waals surface area (Å²) >= 11 is 0. The number of para-hydroxylation sites is 1. The SMILES string of the molecule is C/C=C\C=C/c1ccc(-c2nc(-c3ccccc3-c3cccc4oc5ccccc5c34)nc(C3C=CC(c4ccccc4)=CC3)n2)cc1. The molecule has 0 spiro atoms. The first-order chi connectivity index (χ1) is 23.7. The Labute approximate surface area is 280 Å². The van der Waals surface area contributed by atoms with Crippen molar-refractivity contribution in [1.29, 1.82) is 0 Å². The van der Waals surface area contributed by atoms with Crippen molar-refractivity contribution in [3.8, 4) is 33.9 Å². The van der Waals surface area contributed by atoms with Crippen molar-refractivity contribution in [1.82, 2.24) is 15.0 Å². The number of aromatic nitrogens is 3. The first kappa shape index (κ1) is 29.3. The molecule has 0 N–H and O–H groups in total. The fourth-order valence-corrected chi connectivity index (χ4v) is 6.40. The van der Waals surface area contributed by atoms with Crippen LogP contribution in [0.1, 0.15) is 36.2 Å². The lowest BCUT2D eigenvalue weighted by Crippen LogP contribution is -2.09. The molecule has 0 saturated carbocycles. The summed E-state index contributed by atoms with van der Waals surface area (Å²) in [4.78, 5) is 15.4. The van der Waals surface area contributed by atoms with Crippen LogP contribution in [-0.2, 0) is 0 Å². The van der Waals surface area contributed by atoms with E-state index in [1.54, 1.807) is 0 Å². The molecule has 0 saturated heterocycles. The summed E-state index contributed by atoms with van der Waals surface area (Å²) in [5.41, 5.74) is 9.31. The molecule has 1 aliphatic carbocycles. The van der Waals surface area contributed by atoms with Crippen LogP contribution in [-0.4, -0.2) is 15.0 Å². The van der Waals surface area contributed by atoms with Crippen molar-refractivity contribution in [3.05, 3.63) is 175 Å². The third-order valence-corrected chi connectivity index (χ3v) is 8.81. The Bertz CT molecular complexity index is 2380. The maximum Gasteiger partial charge on any atom is 0.164 e. The number of furan rings is 1. The van der Waals surface area contributed by atoms with Gasteiger partial charge in [-0.25, -0.2) is 15.0 Å². The molecule has 5 aromatic carbocycles. The van der Waals surface area contributed by atoms with Gasteiger partial charge in [-0.2, -0.15) is 0 Å². The van der Waals surface area contributed by atoms with Crippen molar-refractivity contribution in [2.24, 2.45) is 0 Å². The average molecular weight is 620 g/mol. The van der Waals surface area contributed by atoms with Crippen LogP contribution in [0.25, 0.3) is 67.5 Å². The van der Waals surface area contributed by atoms with E-state index in [-0.39, 0.29) is 5.92 Å². The van der Waals surface area contributed by atoms with Gasteiger partial charge in [0.05, 0.1) is 0 Å². The maximum absolute atomic E-state index is 6.25. The van der Waals surface area contributed by atoms with Crippen LogP contribution >= 0.6 is 0 Å². The van der Waals surface area contributed by atoms with Gasteiger partial charge in [-0.15, -0.1) is 0 Å². The quantitative estimate of drug-likeness (QED) is 0.167. The molecule has 2 heterocycles. The van der Waals surface area contributed by atoms with Gasteiger partial charge in [0.1, 0.15) is 17.0 Å². The number of nitrogens with zero attached hydrogens (tertiary/aromatic N) is 3. The Morgan fingerprint density at radius 3 is 2.17 bits per heavy atom. The van der Waals surface area contributed by atoms with Gasteiger partial charge in [0.15, 0.2) is 11.6 Å². The highest BCUT2D eigenvalue weighted by Gasteiger charge is 2.21. The Hall–Kier alpha value is -6.13. The standard InChI is InChI=1S/C44H33N3O/c1-2-3-5-13-30-22-24-33(25-23-30)42-45-43(34-28-26-32(27-29-34)31-14-6-4-7-15-31)47-44(46-42)37-17-9-8-16-35(37)36-19-12-21-40-41(36)38-18-10-11-20-39(38)48-40/h2-28,34H,29H2,1H3/b3-2-,13-5-. The predicted molar refractivity (Wildman–Crippen MR) is 198 cm³/mol.